The van der Waals surface area contributed by atoms with Gasteiger partial charge in [0.15, 0.2) is 5.11 Å². The molecule has 0 saturated carbocycles. The minimum absolute atomic E-state index is 0.0667. The van der Waals surface area contributed by atoms with Crippen LogP contribution in [0.2, 0.25) is 0 Å². The van der Waals surface area contributed by atoms with Gasteiger partial charge in [-0.25, -0.2) is 0 Å². The smallest absolute Gasteiger partial charge is 0.269 e. The second-order valence-electron chi connectivity index (χ2n) is 5.20. The molecule has 26 heavy (non-hydrogen) atoms. The highest BCUT2D eigenvalue weighted by Crippen LogP contribution is 2.36. The van der Waals surface area contributed by atoms with E-state index in [0.29, 0.717) is 22.3 Å². The van der Waals surface area contributed by atoms with Gasteiger partial charge in [0.2, 0.25) is 0 Å². The predicted octanol–water partition coefficient (Wildman–Crippen LogP) is 2.74. The Morgan fingerprint density at radius 1 is 1.38 bits per heavy atom. The van der Waals surface area contributed by atoms with Gasteiger partial charge in [0, 0.05) is 0 Å². The van der Waals surface area contributed by atoms with Gasteiger partial charge in [0.25, 0.3) is 11.9 Å². The first kappa shape index (κ1) is 18.2. The fourth-order valence-electron chi connectivity index (χ4n) is 2.38. The van der Waals surface area contributed by atoms with Crippen LogP contribution < -0.4 is 15.4 Å². The van der Waals surface area contributed by atoms with Crippen LogP contribution in [0, 0.1) is 0 Å². The van der Waals surface area contributed by atoms with Crippen LogP contribution in [0.4, 0.5) is 5.95 Å². The number of hydrogen-bond acceptors (Lipinski definition) is 6. The number of amides is 1. The molecule has 0 spiro atoms. The number of carbonyl (C=O) groups is 1. The third kappa shape index (κ3) is 3.65. The maximum atomic E-state index is 12.7. The second kappa shape index (κ2) is 7.75. The molecule has 134 valence electrons. The average Bonchev–Trinajstić information content (AvgIpc) is 3.09. The number of nitrogens with one attached hydrogen (secondary N) is 2. The summed E-state index contributed by atoms with van der Waals surface area (Å²) in [4.78, 5) is 14.1. The van der Waals surface area contributed by atoms with E-state index in [4.69, 9.17) is 17.0 Å². The molecule has 1 amide bonds. The van der Waals surface area contributed by atoms with Gasteiger partial charge in [-0.05, 0) is 57.1 Å². The zero-order valence-electron chi connectivity index (χ0n) is 14.0. The van der Waals surface area contributed by atoms with Crippen molar-refractivity contribution in [3.05, 3.63) is 40.4 Å². The summed E-state index contributed by atoms with van der Waals surface area (Å²) in [5.74, 6) is 0.233. The first-order valence-electron chi connectivity index (χ1n) is 7.68. The van der Waals surface area contributed by atoms with Gasteiger partial charge in [0.05, 0.1) is 23.7 Å². The molecule has 0 aliphatic carbocycles. The summed E-state index contributed by atoms with van der Waals surface area (Å²) < 4.78 is 6.12. The predicted molar refractivity (Wildman–Crippen MR) is 105 cm³/mol. The van der Waals surface area contributed by atoms with Gasteiger partial charge >= 0.3 is 0 Å². The minimum atomic E-state index is -0.409. The van der Waals surface area contributed by atoms with Gasteiger partial charge in [-0.1, -0.05) is 29.4 Å². The van der Waals surface area contributed by atoms with Crippen molar-refractivity contribution in [3.63, 3.8) is 0 Å². The number of hydrogen-bond donors (Lipinski definition) is 2. The van der Waals surface area contributed by atoms with Crippen LogP contribution in [0.5, 0.6) is 5.75 Å². The maximum Gasteiger partial charge on any atom is 0.269 e. The number of aryl methyl sites for hydroxylation is 1. The molecule has 0 radical (unpaired) electrons. The average molecular weight is 435 g/mol. The third-order valence-corrected chi connectivity index (χ3v) is 4.57. The van der Waals surface area contributed by atoms with Gasteiger partial charge in [0.1, 0.15) is 5.75 Å². The maximum absolute atomic E-state index is 12.7. The molecule has 2 aromatic carbocycles. The Bertz CT molecular complexity index is 990. The molecule has 10 heteroatoms. The molecule has 1 aromatic heterocycles. The lowest BCUT2D eigenvalue weighted by atomic mass is 10.1. The number of fused-ring (bicyclic) bond motifs is 1. The molecule has 8 nitrogen and oxygen atoms in total. The summed E-state index contributed by atoms with van der Waals surface area (Å²) in [6.07, 6.45) is 0. The monoisotopic (exact) mass is 434 g/mol. The van der Waals surface area contributed by atoms with Gasteiger partial charge in [-0.15, -0.1) is 5.10 Å². The first-order chi connectivity index (χ1) is 12.5. The van der Waals surface area contributed by atoms with E-state index in [1.165, 1.54) is 11.9 Å². The zero-order chi connectivity index (χ0) is 18.7. The molecule has 0 unspecified atom stereocenters. The van der Waals surface area contributed by atoms with Crippen molar-refractivity contribution >= 4 is 55.9 Å². The molecule has 1 heterocycles. The number of halogens is 1. The van der Waals surface area contributed by atoms with Crippen LogP contribution in [0.1, 0.15) is 17.3 Å². The topological polar surface area (TPSA) is 94.0 Å². The number of methoxy groups -OCH3 is 1. The van der Waals surface area contributed by atoms with Crippen molar-refractivity contribution < 1.29 is 9.53 Å². The summed E-state index contributed by atoms with van der Waals surface area (Å²) in [5.41, 5.74) is 0.354. The number of aromatic nitrogens is 4. The molecule has 3 aromatic rings. The SMILES string of the molecule is CCn1nnc(NC(=S)NC(=O)c2cc3ccccc3c(Br)c2OC)n1. The lowest BCUT2D eigenvalue weighted by Crippen LogP contribution is -2.34. The Kier molecular flexibility index (Phi) is 5.43. The number of tetrazole rings is 1. The molecule has 2 N–H and O–H groups in total. The Morgan fingerprint density at radius 2 is 2.15 bits per heavy atom. The zero-order valence-corrected chi connectivity index (χ0v) is 16.4. The van der Waals surface area contributed by atoms with E-state index in [2.05, 4.69) is 42.0 Å². The molecule has 0 saturated heterocycles. The quantitative estimate of drug-likeness (QED) is 0.609. The number of thiocarbonyl (C=S) groups is 1. The lowest BCUT2D eigenvalue weighted by Gasteiger charge is -2.13. The van der Waals surface area contributed by atoms with Crippen LogP contribution in [-0.2, 0) is 6.54 Å². The van der Waals surface area contributed by atoms with E-state index in [0.717, 1.165) is 10.8 Å². The van der Waals surface area contributed by atoms with Gasteiger partial charge in [-0.2, -0.15) is 4.80 Å². The normalized spacial score (nSPS) is 10.6. The second-order valence-corrected chi connectivity index (χ2v) is 6.40. The van der Waals surface area contributed by atoms with Crippen molar-refractivity contribution in [1.82, 2.24) is 25.5 Å². The van der Waals surface area contributed by atoms with Crippen molar-refractivity contribution in [2.24, 2.45) is 0 Å². The summed E-state index contributed by atoms with van der Waals surface area (Å²) in [5, 5.41) is 18.9. The van der Waals surface area contributed by atoms with Crippen LogP contribution >= 0.6 is 28.1 Å². The fraction of sp³-hybridized carbons (Fsp3) is 0.188. The van der Waals surface area contributed by atoms with Crippen LogP contribution in [0.25, 0.3) is 10.8 Å². The third-order valence-electron chi connectivity index (χ3n) is 3.58. The minimum Gasteiger partial charge on any atom is -0.495 e. The standard InChI is InChI=1S/C16H15BrN6O2S/c1-3-23-21-15(20-22-23)19-16(26)18-14(24)11-8-9-6-4-5-7-10(9)12(17)13(11)25-2/h4-8H,3H2,1-2H3,(H2,18,19,21,24,26). The van der Waals surface area contributed by atoms with Crippen molar-refractivity contribution in [1.29, 1.82) is 0 Å². The highest BCUT2D eigenvalue weighted by atomic mass is 79.9. The summed E-state index contributed by atoms with van der Waals surface area (Å²) in [6.45, 7) is 2.46. The van der Waals surface area contributed by atoms with E-state index >= 15 is 0 Å². The number of rotatable bonds is 4. The Labute approximate surface area is 163 Å². The summed E-state index contributed by atoms with van der Waals surface area (Å²) >= 11 is 8.66. The highest BCUT2D eigenvalue weighted by molar-refractivity contribution is 9.10. The van der Waals surface area contributed by atoms with Gasteiger partial charge < -0.3 is 4.74 Å². The molecule has 0 aliphatic heterocycles. The van der Waals surface area contributed by atoms with Crippen molar-refractivity contribution in [2.45, 2.75) is 13.5 Å². The molecule has 0 atom stereocenters. The van der Waals surface area contributed by atoms with Crippen LogP contribution in [0.15, 0.2) is 34.8 Å². The number of benzene rings is 2. The fourth-order valence-corrected chi connectivity index (χ4v) is 3.30. The highest BCUT2D eigenvalue weighted by Gasteiger charge is 2.19. The molecule has 0 bridgehead atoms. The number of anilines is 1. The van der Waals surface area contributed by atoms with Crippen LogP contribution in [0.3, 0.4) is 0 Å². The van der Waals surface area contributed by atoms with Gasteiger partial charge in [-0.3, -0.25) is 15.4 Å². The Morgan fingerprint density at radius 3 is 2.85 bits per heavy atom. The summed E-state index contributed by atoms with van der Waals surface area (Å²) in [6, 6.07) is 9.43. The summed E-state index contributed by atoms with van der Waals surface area (Å²) in [7, 11) is 1.51. The molecule has 3 rings (SSSR count). The lowest BCUT2D eigenvalue weighted by molar-refractivity contribution is 0.0975. The molecule has 0 fully saturated rings. The van der Waals surface area contributed by atoms with E-state index in [-0.39, 0.29) is 11.1 Å². The molecular formula is C16H15BrN6O2S. The molecule has 0 aliphatic rings. The van der Waals surface area contributed by atoms with Crippen LogP contribution in [-0.4, -0.2) is 38.3 Å². The first-order valence-corrected chi connectivity index (χ1v) is 8.89. The van der Waals surface area contributed by atoms with E-state index in [1.807, 2.05) is 31.2 Å². The number of ether oxygens (including phenoxy) is 1. The van der Waals surface area contributed by atoms with E-state index in [1.54, 1.807) is 6.07 Å². The number of carbonyl (C=O) groups excluding carboxylic acids is 1. The Hall–Kier alpha value is -2.59. The van der Waals surface area contributed by atoms with Crippen molar-refractivity contribution in [3.8, 4) is 5.75 Å². The van der Waals surface area contributed by atoms with E-state index < -0.39 is 5.91 Å². The number of nitrogens with zero attached hydrogens (tertiary/aromatic N) is 4. The van der Waals surface area contributed by atoms with Crippen molar-refractivity contribution in [2.75, 3.05) is 12.4 Å². The largest absolute Gasteiger partial charge is 0.495 e. The van der Waals surface area contributed by atoms with E-state index in [9.17, 15) is 4.79 Å². The molecular weight excluding hydrogens is 420 g/mol. The Balaban J connectivity index is 1.83.